The van der Waals surface area contributed by atoms with Crippen molar-refractivity contribution in [2.75, 3.05) is 0 Å². The molecule has 88 valence electrons. The van der Waals surface area contributed by atoms with E-state index in [9.17, 15) is 9.59 Å². The topological polar surface area (TPSA) is 74.6 Å². The first kappa shape index (κ1) is 12.7. The second-order valence-corrected chi connectivity index (χ2v) is 5.25. The molecule has 0 bridgehead atoms. The Morgan fingerprint density at radius 3 is 2.25 bits per heavy atom. The number of hydrogen-bond donors (Lipinski definition) is 2. The van der Waals surface area contributed by atoms with Crippen LogP contribution in [-0.2, 0) is 5.41 Å². The van der Waals surface area contributed by atoms with Crippen molar-refractivity contribution in [3.63, 3.8) is 0 Å². The number of carbonyl (C=O) groups is 2. The van der Waals surface area contributed by atoms with Gasteiger partial charge in [-0.25, -0.2) is 9.59 Å². The summed E-state index contributed by atoms with van der Waals surface area (Å²) in [5, 5.41) is 17.9. The number of rotatable bonds is 4. The van der Waals surface area contributed by atoms with E-state index in [0.717, 1.165) is 17.8 Å². The molecule has 0 aromatic carbocycles. The van der Waals surface area contributed by atoms with Crippen molar-refractivity contribution in [3.8, 4) is 0 Å². The maximum Gasteiger partial charge on any atom is 0.346 e. The molecule has 0 saturated heterocycles. The number of aromatic carboxylic acids is 2. The summed E-state index contributed by atoms with van der Waals surface area (Å²) in [5.74, 6) is -2.14. The molecule has 0 fully saturated rings. The molecule has 1 aromatic rings. The van der Waals surface area contributed by atoms with Crippen molar-refractivity contribution in [1.29, 1.82) is 0 Å². The molecule has 4 nitrogen and oxygen atoms in total. The van der Waals surface area contributed by atoms with Crippen LogP contribution in [0.15, 0.2) is 6.07 Å². The molecule has 0 radical (unpaired) electrons. The van der Waals surface area contributed by atoms with E-state index < -0.39 is 11.9 Å². The second-order valence-electron chi connectivity index (χ2n) is 4.20. The summed E-state index contributed by atoms with van der Waals surface area (Å²) in [6.45, 7) is 5.77. The third-order valence-corrected chi connectivity index (χ3v) is 3.86. The summed E-state index contributed by atoms with van der Waals surface area (Å²) in [4.78, 5) is 22.1. The van der Waals surface area contributed by atoms with Gasteiger partial charge in [0.05, 0.1) is 0 Å². The van der Waals surface area contributed by atoms with Crippen LogP contribution in [0.1, 0.15) is 52.1 Å². The van der Waals surface area contributed by atoms with Crippen molar-refractivity contribution in [2.45, 2.75) is 32.6 Å². The fourth-order valence-electron chi connectivity index (χ4n) is 1.35. The molecular weight excluding hydrogens is 228 g/mol. The molecular formula is C11H14O4S. The van der Waals surface area contributed by atoms with E-state index >= 15 is 0 Å². The van der Waals surface area contributed by atoms with Gasteiger partial charge in [-0.15, -0.1) is 11.3 Å². The van der Waals surface area contributed by atoms with Crippen molar-refractivity contribution >= 4 is 23.3 Å². The van der Waals surface area contributed by atoms with Gasteiger partial charge in [0.25, 0.3) is 0 Å². The normalized spacial score (nSPS) is 11.4. The van der Waals surface area contributed by atoms with E-state index in [1.807, 2.05) is 20.8 Å². The lowest BCUT2D eigenvalue weighted by Gasteiger charge is -2.22. The van der Waals surface area contributed by atoms with Gasteiger partial charge in [0.2, 0.25) is 0 Å². The summed E-state index contributed by atoms with van der Waals surface area (Å²) in [6, 6.07) is 1.47. The SMILES string of the molecule is CCC(C)(C)c1cc(C(=O)O)sc1C(=O)O. The highest BCUT2D eigenvalue weighted by Crippen LogP contribution is 2.35. The number of carboxylic acids is 2. The van der Waals surface area contributed by atoms with E-state index in [1.54, 1.807) is 0 Å². The highest BCUT2D eigenvalue weighted by atomic mass is 32.1. The van der Waals surface area contributed by atoms with Gasteiger partial charge in [0, 0.05) is 0 Å². The Bertz CT molecular complexity index is 431. The molecule has 0 saturated carbocycles. The number of hydrogen-bond acceptors (Lipinski definition) is 3. The van der Waals surface area contributed by atoms with Crippen molar-refractivity contribution < 1.29 is 19.8 Å². The van der Waals surface area contributed by atoms with Gasteiger partial charge >= 0.3 is 11.9 Å². The van der Waals surface area contributed by atoms with E-state index in [4.69, 9.17) is 10.2 Å². The van der Waals surface area contributed by atoms with E-state index in [1.165, 1.54) is 6.07 Å². The quantitative estimate of drug-likeness (QED) is 0.851. The number of carboxylic acid groups (broad SMARTS) is 2. The smallest absolute Gasteiger partial charge is 0.346 e. The molecule has 0 spiro atoms. The maximum atomic E-state index is 11.0. The van der Waals surface area contributed by atoms with Gasteiger partial charge in [-0.2, -0.15) is 0 Å². The second kappa shape index (κ2) is 4.25. The molecule has 1 rings (SSSR count). The Hall–Kier alpha value is -1.36. The highest BCUT2D eigenvalue weighted by Gasteiger charge is 2.28. The highest BCUT2D eigenvalue weighted by molar-refractivity contribution is 7.16. The van der Waals surface area contributed by atoms with Gasteiger partial charge in [-0.3, -0.25) is 0 Å². The van der Waals surface area contributed by atoms with Crippen LogP contribution in [0.5, 0.6) is 0 Å². The molecule has 0 unspecified atom stereocenters. The third-order valence-electron chi connectivity index (χ3n) is 2.75. The lowest BCUT2D eigenvalue weighted by Crippen LogP contribution is -2.17. The first-order valence-electron chi connectivity index (χ1n) is 4.90. The van der Waals surface area contributed by atoms with Gasteiger partial charge < -0.3 is 10.2 Å². The predicted molar refractivity (Wildman–Crippen MR) is 61.6 cm³/mol. The first-order chi connectivity index (χ1) is 7.29. The zero-order valence-electron chi connectivity index (χ0n) is 9.40. The van der Waals surface area contributed by atoms with Crippen LogP contribution in [0.2, 0.25) is 0 Å². The van der Waals surface area contributed by atoms with Crippen molar-refractivity contribution in [1.82, 2.24) is 0 Å². The van der Waals surface area contributed by atoms with Gasteiger partial charge in [-0.1, -0.05) is 20.8 Å². The first-order valence-corrected chi connectivity index (χ1v) is 5.72. The fraction of sp³-hybridized carbons (Fsp3) is 0.455. The van der Waals surface area contributed by atoms with E-state index in [-0.39, 0.29) is 15.2 Å². The molecule has 0 amide bonds. The molecule has 1 aromatic heterocycles. The molecule has 0 aliphatic rings. The van der Waals surface area contributed by atoms with Crippen LogP contribution in [0.4, 0.5) is 0 Å². The summed E-state index contributed by atoms with van der Waals surface area (Å²) < 4.78 is 0. The average molecular weight is 242 g/mol. The monoisotopic (exact) mass is 242 g/mol. The molecule has 2 N–H and O–H groups in total. The molecule has 0 aliphatic carbocycles. The zero-order valence-corrected chi connectivity index (χ0v) is 10.2. The Labute approximate surface area is 97.5 Å². The average Bonchev–Trinajstić information content (AvgIpc) is 2.62. The lowest BCUT2D eigenvalue weighted by atomic mass is 9.82. The van der Waals surface area contributed by atoms with Crippen LogP contribution in [0.3, 0.4) is 0 Å². The van der Waals surface area contributed by atoms with E-state index in [2.05, 4.69) is 0 Å². The van der Waals surface area contributed by atoms with Crippen LogP contribution < -0.4 is 0 Å². The Balaban J connectivity index is 3.37. The van der Waals surface area contributed by atoms with Crippen LogP contribution >= 0.6 is 11.3 Å². The van der Waals surface area contributed by atoms with Crippen molar-refractivity contribution in [2.24, 2.45) is 0 Å². The Morgan fingerprint density at radius 1 is 1.31 bits per heavy atom. The summed E-state index contributed by atoms with van der Waals surface area (Å²) >= 11 is 0.819. The molecule has 5 heteroatoms. The maximum absolute atomic E-state index is 11.0. The standard InChI is InChI=1S/C11H14O4S/c1-4-11(2,3)6-5-7(9(12)13)16-8(6)10(14)15/h5H,4H2,1-3H3,(H,12,13)(H,14,15). The predicted octanol–water partition coefficient (Wildman–Crippen LogP) is 2.83. The molecule has 0 aliphatic heterocycles. The van der Waals surface area contributed by atoms with Crippen LogP contribution in [-0.4, -0.2) is 22.2 Å². The van der Waals surface area contributed by atoms with Gasteiger partial charge in [-0.05, 0) is 23.5 Å². The van der Waals surface area contributed by atoms with Crippen LogP contribution in [0, 0.1) is 0 Å². The fourth-order valence-corrected chi connectivity index (χ4v) is 2.36. The largest absolute Gasteiger partial charge is 0.477 e. The minimum Gasteiger partial charge on any atom is -0.477 e. The zero-order chi connectivity index (χ0) is 12.5. The Kier molecular flexibility index (Phi) is 3.38. The Morgan fingerprint density at radius 2 is 1.88 bits per heavy atom. The van der Waals surface area contributed by atoms with Gasteiger partial charge in [0.1, 0.15) is 9.75 Å². The van der Waals surface area contributed by atoms with E-state index in [0.29, 0.717) is 5.56 Å². The minimum absolute atomic E-state index is 0.0777. The molecule has 16 heavy (non-hydrogen) atoms. The summed E-state index contributed by atoms with van der Waals surface area (Å²) in [5.41, 5.74) is 0.280. The summed E-state index contributed by atoms with van der Waals surface area (Å²) in [7, 11) is 0. The number of thiophene rings is 1. The van der Waals surface area contributed by atoms with Crippen molar-refractivity contribution in [3.05, 3.63) is 21.4 Å². The van der Waals surface area contributed by atoms with Crippen LogP contribution in [0.25, 0.3) is 0 Å². The van der Waals surface area contributed by atoms with Gasteiger partial charge in [0.15, 0.2) is 0 Å². The molecule has 0 atom stereocenters. The lowest BCUT2D eigenvalue weighted by molar-refractivity contribution is 0.0691. The molecule has 1 heterocycles. The third kappa shape index (κ3) is 2.24. The summed E-state index contributed by atoms with van der Waals surface area (Å²) in [6.07, 6.45) is 0.753. The minimum atomic E-state index is -1.08.